The summed E-state index contributed by atoms with van der Waals surface area (Å²) in [6, 6.07) is 6.92. The van der Waals surface area contributed by atoms with Crippen molar-refractivity contribution in [1.29, 1.82) is 0 Å². The summed E-state index contributed by atoms with van der Waals surface area (Å²) in [5.74, 6) is 0.224. The first-order valence-electron chi connectivity index (χ1n) is 6.68. The predicted octanol–water partition coefficient (Wildman–Crippen LogP) is 3.10. The second-order valence-electron chi connectivity index (χ2n) is 5.34. The van der Waals surface area contributed by atoms with Gasteiger partial charge in [0.25, 0.3) is 0 Å². The molecule has 1 aromatic carbocycles. The molecule has 4 nitrogen and oxygen atoms in total. The van der Waals surface area contributed by atoms with Gasteiger partial charge >= 0.3 is 0 Å². The molecule has 2 N–H and O–H groups in total. The van der Waals surface area contributed by atoms with Crippen LogP contribution in [-0.4, -0.2) is 23.5 Å². The van der Waals surface area contributed by atoms with Crippen molar-refractivity contribution in [2.45, 2.75) is 6.92 Å². The van der Waals surface area contributed by atoms with E-state index in [2.05, 4.69) is 4.98 Å². The highest BCUT2D eigenvalue weighted by Crippen LogP contribution is 2.31. The van der Waals surface area contributed by atoms with E-state index in [9.17, 15) is 4.39 Å². The van der Waals surface area contributed by atoms with E-state index >= 15 is 0 Å². The van der Waals surface area contributed by atoms with Gasteiger partial charge in [0.1, 0.15) is 17.3 Å². The number of rotatable bonds is 2. The van der Waals surface area contributed by atoms with Gasteiger partial charge in [-0.15, -0.1) is 0 Å². The summed E-state index contributed by atoms with van der Waals surface area (Å²) in [7, 11) is 3.82. The number of hydrogen-bond acceptors (Lipinski definition) is 3. The van der Waals surface area contributed by atoms with Crippen LogP contribution in [0.25, 0.3) is 16.8 Å². The fourth-order valence-electron chi connectivity index (χ4n) is 2.60. The molecule has 0 aliphatic heterocycles. The summed E-state index contributed by atoms with van der Waals surface area (Å²) in [5.41, 5.74) is 10.2. The van der Waals surface area contributed by atoms with Gasteiger partial charge in [-0.2, -0.15) is 0 Å². The Kier molecular flexibility index (Phi) is 3.05. The highest BCUT2D eigenvalue weighted by atomic mass is 19.1. The summed E-state index contributed by atoms with van der Waals surface area (Å²) in [5, 5.41) is 0. The van der Waals surface area contributed by atoms with Gasteiger partial charge in [-0.3, -0.25) is 0 Å². The van der Waals surface area contributed by atoms with Crippen LogP contribution in [0.15, 0.2) is 36.7 Å². The van der Waals surface area contributed by atoms with Crippen LogP contribution in [0.1, 0.15) is 5.56 Å². The third-order valence-corrected chi connectivity index (χ3v) is 3.61. The Labute approximate surface area is 122 Å². The van der Waals surface area contributed by atoms with Crippen molar-refractivity contribution < 1.29 is 4.39 Å². The number of anilines is 2. The Morgan fingerprint density at radius 1 is 1.19 bits per heavy atom. The van der Waals surface area contributed by atoms with Gasteiger partial charge in [-0.05, 0) is 47.9 Å². The molecule has 0 aliphatic carbocycles. The SMILES string of the molecule is Cc1c(-c2ccc3nc(N)cn3c2)cc(F)cc1N(C)C. The van der Waals surface area contributed by atoms with Gasteiger partial charge in [0.2, 0.25) is 0 Å². The zero-order valence-corrected chi connectivity index (χ0v) is 12.3. The molecule has 3 aromatic rings. The number of hydrogen-bond donors (Lipinski definition) is 1. The van der Waals surface area contributed by atoms with Crippen LogP contribution in [0.5, 0.6) is 0 Å². The number of halogens is 1. The smallest absolute Gasteiger partial charge is 0.142 e. The molecule has 0 spiro atoms. The molecule has 5 heteroatoms. The predicted molar refractivity (Wildman–Crippen MR) is 84.1 cm³/mol. The molecule has 2 aromatic heterocycles. The molecule has 0 radical (unpaired) electrons. The number of aromatic nitrogens is 2. The average Bonchev–Trinajstić information content (AvgIpc) is 2.79. The number of fused-ring (bicyclic) bond motifs is 1. The molecule has 108 valence electrons. The van der Waals surface area contributed by atoms with Gasteiger partial charge in [-0.25, -0.2) is 9.37 Å². The molecule has 0 saturated heterocycles. The van der Waals surface area contributed by atoms with E-state index in [-0.39, 0.29) is 5.82 Å². The number of nitrogens with zero attached hydrogens (tertiary/aromatic N) is 3. The fraction of sp³-hybridized carbons (Fsp3) is 0.188. The zero-order chi connectivity index (χ0) is 15.1. The van der Waals surface area contributed by atoms with Crippen molar-refractivity contribution in [2.24, 2.45) is 0 Å². The molecule has 21 heavy (non-hydrogen) atoms. The van der Waals surface area contributed by atoms with Crippen LogP contribution >= 0.6 is 0 Å². The average molecular weight is 284 g/mol. The van der Waals surface area contributed by atoms with Gasteiger partial charge in [0.15, 0.2) is 0 Å². The summed E-state index contributed by atoms with van der Waals surface area (Å²) in [6.07, 6.45) is 3.67. The Morgan fingerprint density at radius 2 is 1.95 bits per heavy atom. The molecule has 0 unspecified atom stereocenters. The number of pyridine rings is 1. The van der Waals surface area contributed by atoms with E-state index in [1.54, 1.807) is 18.3 Å². The molecule has 3 rings (SSSR count). The van der Waals surface area contributed by atoms with Crippen LogP contribution < -0.4 is 10.6 Å². The Bertz CT molecular complexity index is 821. The Balaban J connectivity index is 2.21. The minimum absolute atomic E-state index is 0.246. The fourth-order valence-corrected chi connectivity index (χ4v) is 2.60. The highest BCUT2D eigenvalue weighted by molar-refractivity contribution is 5.74. The quantitative estimate of drug-likeness (QED) is 0.786. The molecule has 0 atom stereocenters. The lowest BCUT2D eigenvalue weighted by atomic mass is 10.00. The summed E-state index contributed by atoms with van der Waals surface area (Å²) >= 11 is 0. The van der Waals surface area contributed by atoms with E-state index in [1.165, 1.54) is 0 Å². The minimum atomic E-state index is -0.246. The standard InChI is InChI=1S/C16H17FN4/c1-10-13(6-12(17)7-14(10)20(2)3)11-4-5-16-19-15(18)9-21(16)8-11/h4-9H,18H2,1-3H3. The first-order valence-corrected chi connectivity index (χ1v) is 6.68. The first kappa shape index (κ1) is 13.4. The van der Waals surface area contributed by atoms with Crippen LogP contribution in [0.3, 0.4) is 0 Å². The summed E-state index contributed by atoms with van der Waals surface area (Å²) in [6.45, 7) is 2.00. The highest BCUT2D eigenvalue weighted by Gasteiger charge is 2.11. The van der Waals surface area contributed by atoms with E-state index in [1.807, 2.05) is 48.6 Å². The molecule has 0 fully saturated rings. The normalized spacial score (nSPS) is 11.0. The van der Waals surface area contributed by atoms with Gasteiger partial charge in [0.05, 0.1) is 6.20 Å². The van der Waals surface area contributed by atoms with E-state index in [0.29, 0.717) is 5.82 Å². The Hall–Kier alpha value is -2.56. The lowest BCUT2D eigenvalue weighted by Gasteiger charge is -2.18. The third-order valence-electron chi connectivity index (χ3n) is 3.61. The van der Waals surface area contributed by atoms with Crippen molar-refractivity contribution >= 4 is 17.2 Å². The molecule has 0 amide bonds. The van der Waals surface area contributed by atoms with Crippen molar-refractivity contribution in [3.05, 3.63) is 48.0 Å². The summed E-state index contributed by atoms with van der Waals surface area (Å²) in [4.78, 5) is 6.10. The lowest BCUT2D eigenvalue weighted by molar-refractivity contribution is 0.627. The van der Waals surface area contributed by atoms with E-state index in [4.69, 9.17) is 5.73 Å². The minimum Gasteiger partial charge on any atom is -0.382 e. The maximum absolute atomic E-state index is 13.9. The lowest BCUT2D eigenvalue weighted by Crippen LogP contribution is -2.11. The number of benzene rings is 1. The van der Waals surface area contributed by atoms with Gasteiger partial charge in [-0.1, -0.05) is 0 Å². The van der Waals surface area contributed by atoms with Crippen LogP contribution in [-0.2, 0) is 0 Å². The molecular formula is C16H17FN4. The number of nitrogen functional groups attached to an aromatic ring is 1. The largest absolute Gasteiger partial charge is 0.382 e. The Morgan fingerprint density at radius 3 is 2.67 bits per heavy atom. The third kappa shape index (κ3) is 2.31. The molecule has 0 bridgehead atoms. The van der Waals surface area contributed by atoms with Gasteiger partial charge in [0, 0.05) is 26.0 Å². The van der Waals surface area contributed by atoms with Crippen molar-refractivity contribution in [2.75, 3.05) is 24.7 Å². The zero-order valence-electron chi connectivity index (χ0n) is 12.3. The van der Waals surface area contributed by atoms with Crippen molar-refractivity contribution in [1.82, 2.24) is 9.38 Å². The van der Waals surface area contributed by atoms with Crippen molar-refractivity contribution in [3.8, 4) is 11.1 Å². The summed E-state index contributed by atoms with van der Waals surface area (Å²) < 4.78 is 15.8. The van der Waals surface area contributed by atoms with E-state index in [0.717, 1.165) is 28.0 Å². The number of nitrogens with two attached hydrogens (primary N) is 1. The topological polar surface area (TPSA) is 46.6 Å². The molecule has 0 saturated carbocycles. The van der Waals surface area contributed by atoms with E-state index < -0.39 is 0 Å². The second kappa shape index (κ2) is 4.77. The molecular weight excluding hydrogens is 267 g/mol. The monoisotopic (exact) mass is 284 g/mol. The van der Waals surface area contributed by atoms with Crippen LogP contribution in [0.2, 0.25) is 0 Å². The van der Waals surface area contributed by atoms with Crippen LogP contribution in [0, 0.1) is 12.7 Å². The van der Waals surface area contributed by atoms with Crippen molar-refractivity contribution in [3.63, 3.8) is 0 Å². The van der Waals surface area contributed by atoms with Crippen LogP contribution in [0.4, 0.5) is 15.9 Å². The van der Waals surface area contributed by atoms with Gasteiger partial charge < -0.3 is 15.0 Å². The maximum Gasteiger partial charge on any atom is 0.142 e. The molecule has 0 aliphatic rings. The number of imidazole rings is 1. The second-order valence-corrected chi connectivity index (χ2v) is 5.34. The maximum atomic E-state index is 13.9. The first-order chi connectivity index (χ1) is 9.95. The molecule has 2 heterocycles.